The number of rotatable bonds is 3. The van der Waals surface area contributed by atoms with Gasteiger partial charge in [0, 0.05) is 0 Å². The second-order valence-electron chi connectivity index (χ2n) is 7.11. The van der Waals surface area contributed by atoms with Crippen molar-refractivity contribution in [3.05, 3.63) is 0 Å². The third-order valence-corrected chi connectivity index (χ3v) is 4.70. The van der Waals surface area contributed by atoms with Crippen LogP contribution in [0.4, 0.5) is 0 Å². The van der Waals surface area contributed by atoms with Crippen LogP contribution in [-0.2, 0) is 9.53 Å². The monoisotopic (exact) mass is 265 g/mol. The summed E-state index contributed by atoms with van der Waals surface area (Å²) >= 11 is 0. The maximum Gasteiger partial charge on any atom is 0.323 e. The first kappa shape index (κ1) is 16.0. The summed E-state index contributed by atoms with van der Waals surface area (Å²) in [5.41, 5.74) is 0.0934. The van der Waals surface area contributed by atoms with Crippen LogP contribution in [0.25, 0.3) is 0 Å². The normalized spacial score (nSPS) is 29.4. The molecule has 19 heavy (non-hydrogen) atoms. The molecule has 1 aliphatic rings. The first-order valence-electron chi connectivity index (χ1n) is 7.31. The van der Waals surface area contributed by atoms with E-state index < -0.39 is 5.92 Å². The molecule has 3 nitrogen and oxygen atoms in total. The molecule has 0 aromatic carbocycles. The minimum atomic E-state index is -0.617. The van der Waals surface area contributed by atoms with E-state index in [4.69, 9.17) is 4.74 Å². The zero-order valence-electron chi connectivity index (χ0n) is 13.0. The minimum Gasteiger partial charge on any atom is -0.465 e. The standard InChI is InChI=1S/C16H27NO2/c1-6-19-14(18)13(11-17)16(5)9-7-12(8-10-16)15(2,3)4/h12-13H,6-10H2,1-5H3. The number of esters is 1. The van der Waals surface area contributed by atoms with Crippen LogP contribution in [0, 0.1) is 34.0 Å². The summed E-state index contributed by atoms with van der Waals surface area (Å²) in [6.45, 7) is 11.0. The van der Waals surface area contributed by atoms with Crippen LogP contribution in [-0.4, -0.2) is 12.6 Å². The van der Waals surface area contributed by atoms with Gasteiger partial charge >= 0.3 is 5.97 Å². The van der Waals surface area contributed by atoms with Crippen molar-refractivity contribution >= 4 is 5.97 Å². The average molecular weight is 265 g/mol. The highest BCUT2D eigenvalue weighted by molar-refractivity contribution is 5.76. The number of hydrogen-bond donors (Lipinski definition) is 0. The van der Waals surface area contributed by atoms with Crippen molar-refractivity contribution in [2.45, 2.75) is 60.3 Å². The van der Waals surface area contributed by atoms with Crippen molar-refractivity contribution in [2.24, 2.45) is 22.7 Å². The summed E-state index contributed by atoms with van der Waals surface area (Å²) < 4.78 is 5.05. The third-order valence-electron chi connectivity index (χ3n) is 4.70. The Bertz CT molecular complexity index is 354. The molecule has 1 saturated carbocycles. The molecule has 3 heteroatoms. The van der Waals surface area contributed by atoms with Crippen molar-refractivity contribution in [1.29, 1.82) is 5.26 Å². The van der Waals surface area contributed by atoms with Crippen molar-refractivity contribution in [2.75, 3.05) is 6.61 Å². The molecular weight excluding hydrogens is 238 g/mol. The Morgan fingerprint density at radius 3 is 2.32 bits per heavy atom. The van der Waals surface area contributed by atoms with Crippen molar-refractivity contribution in [1.82, 2.24) is 0 Å². The Kier molecular flexibility index (Phi) is 5.01. The van der Waals surface area contributed by atoms with Crippen LogP contribution in [0.1, 0.15) is 60.3 Å². The van der Waals surface area contributed by atoms with Gasteiger partial charge < -0.3 is 4.74 Å². The van der Waals surface area contributed by atoms with Crippen LogP contribution in [0.15, 0.2) is 0 Å². The van der Waals surface area contributed by atoms with Crippen molar-refractivity contribution in [3.63, 3.8) is 0 Å². The molecule has 0 N–H and O–H groups in total. The van der Waals surface area contributed by atoms with Crippen LogP contribution in [0.3, 0.4) is 0 Å². The molecule has 1 fully saturated rings. The second kappa shape index (κ2) is 5.94. The van der Waals surface area contributed by atoms with E-state index in [0.29, 0.717) is 17.9 Å². The Balaban J connectivity index is 2.74. The number of hydrogen-bond acceptors (Lipinski definition) is 3. The molecule has 1 unspecified atom stereocenters. The van der Waals surface area contributed by atoms with E-state index in [1.807, 2.05) is 0 Å². The fraction of sp³-hybridized carbons (Fsp3) is 0.875. The van der Waals surface area contributed by atoms with Gasteiger partial charge in [0.2, 0.25) is 0 Å². The molecule has 108 valence electrons. The van der Waals surface area contributed by atoms with Gasteiger partial charge in [0.15, 0.2) is 0 Å². The van der Waals surface area contributed by atoms with E-state index in [0.717, 1.165) is 25.7 Å². The van der Waals surface area contributed by atoms with Gasteiger partial charge in [0.25, 0.3) is 0 Å². The van der Waals surface area contributed by atoms with Gasteiger partial charge in [-0.25, -0.2) is 0 Å². The molecule has 0 aliphatic heterocycles. The van der Waals surface area contributed by atoms with Crippen molar-refractivity contribution in [3.8, 4) is 6.07 Å². The van der Waals surface area contributed by atoms with Gasteiger partial charge in [-0.1, -0.05) is 27.7 Å². The molecule has 1 atom stereocenters. The van der Waals surface area contributed by atoms with Crippen LogP contribution in [0.2, 0.25) is 0 Å². The van der Waals surface area contributed by atoms with Gasteiger partial charge in [0.05, 0.1) is 12.7 Å². The Morgan fingerprint density at radius 1 is 1.42 bits per heavy atom. The van der Waals surface area contributed by atoms with Gasteiger partial charge in [-0.15, -0.1) is 0 Å². The fourth-order valence-corrected chi connectivity index (χ4v) is 3.15. The number of nitrogens with zero attached hydrogens (tertiary/aromatic N) is 1. The van der Waals surface area contributed by atoms with Crippen LogP contribution < -0.4 is 0 Å². The highest BCUT2D eigenvalue weighted by Crippen LogP contribution is 2.48. The van der Waals surface area contributed by atoms with Gasteiger partial charge in [0.1, 0.15) is 5.92 Å². The zero-order chi connectivity index (χ0) is 14.7. The summed E-state index contributed by atoms with van der Waals surface area (Å²) in [6.07, 6.45) is 4.06. The SMILES string of the molecule is CCOC(=O)C(C#N)C1(C)CCC(C(C)(C)C)CC1. The van der Waals surface area contributed by atoms with E-state index in [-0.39, 0.29) is 11.4 Å². The lowest BCUT2D eigenvalue weighted by Gasteiger charge is -2.43. The van der Waals surface area contributed by atoms with Crippen LogP contribution in [0.5, 0.6) is 0 Å². The zero-order valence-corrected chi connectivity index (χ0v) is 13.0. The third kappa shape index (κ3) is 3.72. The molecular formula is C16H27NO2. The van der Waals surface area contributed by atoms with Gasteiger partial charge in [-0.3, -0.25) is 4.79 Å². The Morgan fingerprint density at radius 2 is 1.95 bits per heavy atom. The van der Waals surface area contributed by atoms with E-state index in [9.17, 15) is 10.1 Å². The summed E-state index contributed by atoms with van der Waals surface area (Å²) in [6, 6.07) is 2.18. The van der Waals surface area contributed by atoms with Gasteiger partial charge in [-0.05, 0) is 49.4 Å². The van der Waals surface area contributed by atoms with Crippen molar-refractivity contribution < 1.29 is 9.53 Å². The smallest absolute Gasteiger partial charge is 0.323 e. The Hall–Kier alpha value is -1.04. The quantitative estimate of drug-likeness (QED) is 0.726. The molecule has 0 spiro atoms. The first-order valence-corrected chi connectivity index (χ1v) is 7.31. The Labute approximate surface area is 117 Å². The molecule has 0 amide bonds. The average Bonchev–Trinajstić information content (AvgIpc) is 2.29. The maximum atomic E-state index is 11.9. The summed E-state index contributed by atoms with van der Waals surface area (Å²) in [7, 11) is 0. The number of carbonyl (C=O) groups excluding carboxylic acids is 1. The molecule has 0 aromatic heterocycles. The molecule has 0 aromatic rings. The predicted molar refractivity (Wildman–Crippen MR) is 75.3 cm³/mol. The lowest BCUT2D eigenvalue weighted by Crippen LogP contribution is -2.39. The summed E-state index contributed by atoms with van der Waals surface area (Å²) in [5.74, 6) is -0.280. The predicted octanol–water partition coefficient (Wildman–Crippen LogP) is 3.93. The number of nitriles is 1. The second-order valence-corrected chi connectivity index (χ2v) is 7.11. The topological polar surface area (TPSA) is 50.1 Å². The van der Waals surface area contributed by atoms with Gasteiger partial charge in [-0.2, -0.15) is 5.26 Å². The van der Waals surface area contributed by atoms with E-state index >= 15 is 0 Å². The molecule has 0 heterocycles. The largest absolute Gasteiger partial charge is 0.465 e. The van der Waals surface area contributed by atoms with E-state index in [2.05, 4.69) is 33.8 Å². The number of carbonyl (C=O) groups is 1. The maximum absolute atomic E-state index is 11.9. The lowest BCUT2D eigenvalue weighted by atomic mass is 9.61. The fourth-order valence-electron chi connectivity index (χ4n) is 3.15. The molecule has 1 rings (SSSR count). The number of ether oxygens (including phenoxy) is 1. The molecule has 1 aliphatic carbocycles. The molecule has 0 bridgehead atoms. The molecule has 0 radical (unpaired) electrons. The summed E-state index contributed by atoms with van der Waals surface area (Å²) in [4.78, 5) is 11.9. The molecule has 0 saturated heterocycles. The first-order chi connectivity index (χ1) is 8.74. The minimum absolute atomic E-state index is 0.219. The summed E-state index contributed by atoms with van der Waals surface area (Å²) in [5, 5.41) is 9.32. The van der Waals surface area contributed by atoms with E-state index in [1.54, 1.807) is 6.92 Å². The van der Waals surface area contributed by atoms with Crippen LogP contribution >= 0.6 is 0 Å². The van der Waals surface area contributed by atoms with E-state index in [1.165, 1.54) is 0 Å². The highest BCUT2D eigenvalue weighted by atomic mass is 16.5. The lowest BCUT2D eigenvalue weighted by molar-refractivity contribution is -0.151. The highest BCUT2D eigenvalue weighted by Gasteiger charge is 2.44.